The van der Waals surface area contributed by atoms with Crippen molar-refractivity contribution in [2.45, 2.75) is 20.0 Å². The summed E-state index contributed by atoms with van der Waals surface area (Å²) in [5.74, 6) is 1.66. The van der Waals surface area contributed by atoms with E-state index in [9.17, 15) is 4.79 Å². The van der Waals surface area contributed by atoms with Crippen molar-refractivity contribution in [3.05, 3.63) is 58.1 Å². The van der Waals surface area contributed by atoms with Gasteiger partial charge in [-0.15, -0.1) is 0 Å². The van der Waals surface area contributed by atoms with E-state index in [4.69, 9.17) is 9.47 Å². The Kier molecular flexibility index (Phi) is 5.39. The minimum absolute atomic E-state index is 0.136. The zero-order valence-corrected chi connectivity index (χ0v) is 13.6. The number of methoxy groups -OCH3 is 1. The highest BCUT2D eigenvalue weighted by Gasteiger charge is 2.05. The number of hydrogen-bond donors (Lipinski definition) is 0. The number of hydrogen-bond acceptors (Lipinski definition) is 3. The van der Waals surface area contributed by atoms with Gasteiger partial charge in [0.15, 0.2) is 5.78 Å². The first-order valence-corrected chi connectivity index (χ1v) is 7.51. The van der Waals surface area contributed by atoms with Crippen LogP contribution in [0, 0.1) is 0 Å². The van der Waals surface area contributed by atoms with E-state index in [0.717, 1.165) is 21.5 Å². The zero-order chi connectivity index (χ0) is 15.2. The third-order valence-corrected chi connectivity index (χ3v) is 3.92. The van der Waals surface area contributed by atoms with Crippen molar-refractivity contribution in [3.8, 4) is 11.5 Å². The third-order valence-electron chi connectivity index (χ3n) is 3.14. The van der Waals surface area contributed by atoms with E-state index in [1.54, 1.807) is 19.2 Å². The molecule has 110 valence electrons. The number of carbonyl (C=O) groups is 1. The highest BCUT2D eigenvalue weighted by molar-refractivity contribution is 9.10. The lowest BCUT2D eigenvalue weighted by molar-refractivity contribution is 0.0988. The number of benzene rings is 2. The first-order valence-electron chi connectivity index (χ1n) is 6.72. The van der Waals surface area contributed by atoms with Crippen molar-refractivity contribution in [2.24, 2.45) is 0 Å². The third kappa shape index (κ3) is 4.08. The Bertz CT molecular complexity index is 620. The molecule has 0 atom stereocenters. The van der Waals surface area contributed by atoms with E-state index < -0.39 is 0 Å². The van der Waals surface area contributed by atoms with E-state index in [-0.39, 0.29) is 5.78 Å². The highest BCUT2D eigenvalue weighted by atomic mass is 79.9. The quantitative estimate of drug-likeness (QED) is 0.714. The van der Waals surface area contributed by atoms with Gasteiger partial charge in [0, 0.05) is 22.0 Å². The van der Waals surface area contributed by atoms with Gasteiger partial charge in [-0.2, -0.15) is 0 Å². The molecule has 0 radical (unpaired) electrons. The highest BCUT2D eigenvalue weighted by Crippen LogP contribution is 2.24. The zero-order valence-electron chi connectivity index (χ0n) is 12.1. The molecule has 4 heteroatoms. The summed E-state index contributed by atoms with van der Waals surface area (Å²) in [6, 6.07) is 13.0. The maximum atomic E-state index is 11.6. The summed E-state index contributed by atoms with van der Waals surface area (Å²) in [4.78, 5) is 11.6. The molecule has 2 aromatic rings. The minimum atomic E-state index is 0.136. The maximum Gasteiger partial charge on any atom is 0.162 e. The average Bonchev–Trinajstić information content (AvgIpc) is 2.54. The van der Waals surface area contributed by atoms with Crippen LogP contribution in [0.3, 0.4) is 0 Å². The van der Waals surface area contributed by atoms with Crippen molar-refractivity contribution in [1.82, 2.24) is 0 Å². The van der Waals surface area contributed by atoms with E-state index in [1.807, 2.05) is 37.3 Å². The van der Waals surface area contributed by atoms with Crippen molar-refractivity contribution in [3.63, 3.8) is 0 Å². The Morgan fingerprint density at radius 1 is 1.10 bits per heavy atom. The van der Waals surface area contributed by atoms with E-state index >= 15 is 0 Å². The molecule has 0 aliphatic carbocycles. The summed E-state index contributed by atoms with van der Waals surface area (Å²) in [6.45, 7) is 2.28. The summed E-state index contributed by atoms with van der Waals surface area (Å²) in [6.07, 6.45) is 0.511. The molecule has 21 heavy (non-hydrogen) atoms. The van der Waals surface area contributed by atoms with Crippen LogP contribution in [0.25, 0.3) is 0 Å². The lowest BCUT2D eigenvalue weighted by Crippen LogP contribution is -1.99. The molecule has 0 aromatic heterocycles. The fourth-order valence-electron chi connectivity index (χ4n) is 1.89. The normalized spacial score (nSPS) is 10.2. The molecule has 0 unspecified atom stereocenters. The molecule has 2 rings (SSSR count). The van der Waals surface area contributed by atoms with Crippen LogP contribution in [0.5, 0.6) is 11.5 Å². The first kappa shape index (κ1) is 15.6. The SMILES string of the molecule is CCC(=O)c1ccc(OCc2cc(OC)ccc2Br)cc1. The fraction of sp³-hybridized carbons (Fsp3) is 0.235. The Labute approximate surface area is 133 Å². The van der Waals surface area contributed by atoms with Crippen molar-refractivity contribution in [1.29, 1.82) is 0 Å². The molecule has 2 aromatic carbocycles. The summed E-state index contributed by atoms with van der Waals surface area (Å²) < 4.78 is 11.9. The predicted octanol–water partition coefficient (Wildman–Crippen LogP) is 4.63. The van der Waals surface area contributed by atoms with Crippen LogP contribution < -0.4 is 9.47 Å². The average molecular weight is 349 g/mol. The Hall–Kier alpha value is -1.81. The van der Waals surface area contributed by atoms with Gasteiger partial charge in [0.2, 0.25) is 0 Å². The number of ketones is 1. The van der Waals surface area contributed by atoms with Crippen LogP contribution in [0.2, 0.25) is 0 Å². The molecule has 0 aliphatic heterocycles. The van der Waals surface area contributed by atoms with Crippen LogP contribution in [0.1, 0.15) is 29.3 Å². The van der Waals surface area contributed by atoms with Gasteiger partial charge in [-0.1, -0.05) is 22.9 Å². The van der Waals surface area contributed by atoms with Gasteiger partial charge in [0.25, 0.3) is 0 Å². The maximum absolute atomic E-state index is 11.6. The Morgan fingerprint density at radius 3 is 2.38 bits per heavy atom. The largest absolute Gasteiger partial charge is 0.497 e. The van der Waals surface area contributed by atoms with Crippen LogP contribution in [-0.4, -0.2) is 12.9 Å². The van der Waals surface area contributed by atoms with Gasteiger partial charge in [-0.05, 0) is 42.5 Å². The van der Waals surface area contributed by atoms with Crippen LogP contribution >= 0.6 is 15.9 Å². The van der Waals surface area contributed by atoms with Gasteiger partial charge < -0.3 is 9.47 Å². The predicted molar refractivity (Wildman–Crippen MR) is 86.1 cm³/mol. The second-order valence-electron chi connectivity index (χ2n) is 4.55. The number of carbonyl (C=O) groups excluding carboxylic acids is 1. The summed E-state index contributed by atoms with van der Waals surface area (Å²) in [5, 5.41) is 0. The number of Topliss-reactive ketones (excluding diaryl/α,β-unsaturated/α-hetero) is 1. The van der Waals surface area contributed by atoms with Gasteiger partial charge in [-0.3, -0.25) is 4.79 Å². The standard InChI is InChI=1S/C17H17BrO3/c1-3-17(19)12-4-6-14(7-5-12)21-11-13-10-15(20-2)8-9-16(13)18/h4-10H,3,11H2,1-2H3. The molecular formula is C17H17BrO3. The molecule has 0 spiro atoms. The monoisotopic (exact) mass is 348 g/mol. The van der Waals surface area contributed by atoms with Gasteiger partial charge in [-0.25, -0.2) is 0 Å². The van der Waals surface area contributed by atoms with Crippen LogP contribution in [0.4, 0.5) is 0 Å². The fourth-order valence-corrected chi connectivity index (χ4v) is 2.25. The minimum Gasteiger partial charge on any atom is -0.497 e. The summed E-state index contributed by atoms with van der Waals surface area (Å²) in [7, 11) is 1.64. The summed E-state index contributed by atoms with van der Waals surface area (Å²) in [5.41, 5.74) is 1.72. The Balaban J connectivity index is 2.04. The van der Waals surface area contributed by atoms with Crippen molar-refractivity contribution >= 4 is 21.7 Å². The number of rotatable bonds is 6. The molecule has 0 fully saturated rings. The molecule has 0 N–H and O–H groups in total. The molecule has 0 saturated carbocycles. The van der Waals surface area contributed by atoms with E-state index in [0.29, 0.717) is 18.6 Å². The number of halogens is 1. The molecule has 0 saturated heterocycles. The molecular weight excluding hydrogens is 332 g/mol. The molecule has 0 bridgehead atoms. The van der Waals surface area contributed by atoms with Crippen LogP contribution in [-0.2, 0) is 6.61 Å². The second-order valence-corrected chi connectivity index (χ2v) is 5.40. The second kappa shape index (κ2) is 7.27. The lowest BCUT2D eigenvalue weighted by Gasteiger charge is -2.10. The van der Waals surface area contributed by atoms with Gasteiger partial charge >= 0.3 is 0 Å². The lowest BCUT2D eigenvalue weighted by atomic mass is 10.1. The van der Waals surface area contributed by atoms with Gasteiger partial charge in [0.05, 0.1) is 7.11 Å². The van der Waals surface area contributed by atoms with Gasteiger partial charge in [0.1, 0.15) is 18.1 Å². The number of ether oxygens (including phenoxy) is 2. The first-order chi connectivity index (χ1) is 10.1. The molecule has 0 heterocycles. The van der Waals surface area contributed by atoms with Crippen molar-refractivity contribution in [2.75, 3.05) is 7.11 Å². The summed E-state index contributed by atoms with van der Waals surface area (Å²) >= 11 is 3.49. The van der Waals surface area contributed by atoms with Crippen LogP contribution in [0.15, 0.2) is 46.9 Å². The topological polar surface area (TPSA) is 35.5 Å². The smallest absolute Gasteiger partial charge is 0.162 e. The molecule has 0 amide bonds. The van der Waals surface area contributed by atoms with E-state index in [1.165, 1.54) is 0 Å². The molecule has 0 aliphatic rings. The Morgan fingerprint density at radius 2 is 1.76 bits per heavy atom. The van der Waals surface area contributed by atoms with E-state index in [2.05, 4.69) is 15.9 Å². The van der Waals surface area contributed by atoms with Crippen molar-refractivity contribution < 1.29 is 14.3 Å². The molecule has 3 nitrogen and oxygen atoms in total.